The van der Waals surface area contributed by atoms with Gasteiger partial charge in [-0.3, -0.25) is 0 Å². The van der Waals surface area contributed by atoms with Gasteiger partial charge in [-0.1, -0.05) is 54.6 Å². The Bertz CT molecular complexity index is 981. The van der Waals surface area contributed by atoms with E-state index in [-0.39, 0.29) is 11.9 Å². The van der Waals surface area contributed by atoms with Gasteiger partial charge in [0.05, 0.1) is 23.5 Å². The molecule has 0 radical (unpaired) electrons. The fourth-order valence-electron chi connectivity index (χ4n) is 4.49. The maximum Gasteiger partial charge on any atom is 0.123 e. The molecule has 1 aliphatic rings. The molecule has 0 fully saturated rings. The van der Waals surface area contributed by atoms with Crippen molar-refractivity contribution in [1.82, 2.24) is 5.32 Å². The van der Waals surface area contributed by atoms with Crippen molar-refractivity contribution in [3.8, 4) is 0 Å². The Morgan fingerprint density at radius 1 is 0.935 bits per heavy atom. The van der Waals surface area contributed by atoms with E-state index >= 15 is 0 Å². The lowest BCUT2D eigenvalue weighted by Gasteiger charge is -2.44. The van der Waals surface area contributed by atoms with Crippen LogP contribution in [-0.2, 0) is 6.42 Å². The molecule has 0 saturated heterocycles. The summed E-state index contributed by atoms with van der Waals surface area (Å²) in [5.41, 5.74) is 4.34. The first-order valence-electron chi connectivity index (χ1n) is 10.9. The average Bonchev–Trinajstić information content (AvgIpc) is 2.79. The van der Waals surface area contributed by atoms with Crippen LogP contribution in [0.5, 0.6) is 0 Å². The summed E-state index contributed by atoms with van der Waals surface area (Å²) in [6.45, 7) is 2.96. The second kappa shape index (κ2) is 9.94. The van der Waals surface area contributed by atoms with Crippen LogP contribution in [-0.4, -0.2) is 44.4 Å². The van der Waals surface area contributed by atoms with Crippen LogP contribution < -0.4 is 15.1 Å². The monoisotopic (exact) mass is 419 g/mol. The van der Waals surface area contributed by atoms with Crippen molar-refractivity contribution in [2.75, 3.05) is 43.0 Å². The maximum atomic E-state index is 14.0. The Morgan fingerprint density at radius 2 is 1.68 bits per heavy atom. The highest BCUT2D eigenvalue weighted by molar-refractivity contribution is 5.74. The van der Waals surface area contributed by atoms with Crippen LogP contribution in [0.1, 0.15) is 17.2 Å². The van der Waals surface area contributed by atoms with Crippen LogP contribution in [0.15, 0.2) is 78.9 Å². The van der Waals surface area contributed by atoms with Gasteiger partial charge in [0, 0.05) is 26.2 Å². The van der Waals surface area contributed by atoms with Gasteiger partial charge >= 0.3 is 0 Å². The minimum absolute atomic E-state index is 0.283. The molecule has 0 spiro atoms. The van der Waals surface area contributed by atoms with Crippen LogP contribution in [0, 0.1) is 5.82 Å². The van der Waals surface area contributed by atoms with Crippen molar-refractivity contribution < 1.29 is 9.50 Å². The number of halogens is 1. The molecule has 0 aromatic heterocycles. The van der Waals surface area contributed by atoms with E-state index in [0.717, 1.165) is 43.0 Å². The van der Waals surface area contributed by atoms with Gasteiger partial charge in [-0.15, -0.1) is 0 Å². The van der Waals surface area contributed by atoms with Crippen molar-refractivity contribution in [1.29, 1.82) is 0 Å². The third-order valence-electron chi connectivity index (χ3n) is 5.96. The summed E-state index contributed by atoms with van der Waals surface area (Å²) in [5.74, 6) is -0.283. The first-order chi connectivity index (χ1) is 15.2. The van der Waals surface area contributed by atoms with Crippen LogP contribution >= 0.6 is 0 Å². The molecular formula is C26H30FN3O. The van der Waals surface area contributed by atoms with E-state index in [0.29, 0.717) is 6.54 Å². The SMILES string of the molecule is CNCC(O)C(c1cccc(F)c1)N1CCN(CCc2ccccc2)c2ccccc21. The van der Waals surface area contributed by atoms with Gasteiger partial charge in [0.15, 0.2) is 0 Å². The fourth-order valence-corrected chi connectivity index (χ4v) is 4.49. The number of hydrogen-bond acceptors (Lipinski definition) is 4. The summed E-state index contributed by atoms with van der Waals surface area (Å²) >= 11 is 0. The van der Waals surface area contributed by atoms with Crippen molar-refractivity contribution >= 4 is 11.4 Å². The van der Waals surface area contributed by atoms with Crippen molar-refractivity contribution in [3.63, 3.8) is 0 Å². The molecule has 0 amide bonds. The van der Waals surface area contributed by atoms with E-state index in [1.54, 1.807) is 6.07 Å². The fraction of sp³-hybridized carbons (Fsp3) is 0.308. The Morgan fingerprint density at radius 3 is 2.42 bits per heavy atom. The van der Waals surface area contributed by atoms with E-state index in [1.165, 1.54) is 17.7 Å². The molecule has 162 valence electrons. The van der Waals surface area contributed by atoms with E-state index in [2.05, 4.69) is 57.6 Å². The lowest BCUT2D eigenvalue weighted by atomic mass is 9.96. The van der Waals surface area contributed by atoms with Gasteiger partial charge < -0.3 is 20.2 Å². The summed E-state index contributed by atoms with van der Waals surface area (Å²) < 4.78 is 14.0. The van der Waals surface area contributed by atoms with Crippen LogP contribution in [0.25, 0.3) is 0 Å². The highest BCUT2D eigenvalue weighted by atomic mass is 19.1. The quantitative estimate of drug-likeness (QED) is 0.579. The second-order valence-electron chi connectivity index (χ2n) is 8.03. The van der Waals surface area contributed by atoms with Gasteiger partial charge in [-0.25, -0.2) is 4.39 Å². The van der Waals surface area contributed by atoms with Crippen LogP contribution in [0.3, 0.4) is 0 Å². The standard InChI is InChI=1S/C26H30FN3O/c1-28-19-25(31)26(21-10-7-11-22(27)18-21)30-17-16-29(23-12-5-6-13-24(23)30)15-14-20-8-3-2-4-9-20/h2-13,18,25-26,28,31H,14-17,19H2,1H3. The molecule has 4 nitrogen and oxygen atoms in total. The van der Waals surface area contributed by atoms with Gasteiger partial charge in [-0.2, -0.15) is 0 Å². The Labute approximate surface area is 183 Å². The number of hydrogen-bond donors (Lipinski definition) is 2. The van der Waals surface area contributed by atoms with E-state index in [4.69, 9.17) is 0 Å². The van der Waals surface area contributed by atoms with Crippen molar-refractivity contribution in [2.24, 2.45) is 0 Å². The Hall–Kier alpha value is -2.89. The molecule has 2 unspecified atom stereocenters. The normalized spacial score (nSPS) is 15.5. The molecule has 1 heterocycles. The number of fused-ring (bicyclic) bond motifs is 1. The lowest BCUT2D eigenvalue weighted by Crippen LogP contribution is -2.48. The highest BCUT2D eigenvalue weighted by Gasteiger charge is 2.32. The predicted molar refractivity (Wildman–Crippen MR) is 125 cm³/mol. The van der Waals surface area contributed by atoms with Crippen LogP contribution in [0.2, 0.25) is 0 Å². The average molecular weight is 420 g/mol. The number of aliphatic hydroxyl groups is 1. The van der Waals surface area contributed by atoms with E-state index in [1.807, 2.05) is 25.2 Å². The molecule has 0 saturated carbocycles. The molecule has 31 heavy (non-hydrogen) atoms. The number of anilines is 2. The third-order valence-corrected chi connectivity index (χ3v) is 5.96. The van der Waals surface area contributed by atoms with Gasteiger partial charge in [0.1, 0.15) is 5.82 Å². The summed E-state index contributed by atoms with van der Waals surface area (Å²) in [6.07, 6.45) is 0.306. The summed E-state index contributed by atoms with van der Waals surface area (Å²) in [5, 5.41) is 14.1. The Balaban J connectivity index is 1.63. The summed E-state index contributed by atoms with van der Waals surface area (Å²) in [4.78, 5) is 4.64. The molecule has 3 aromatic carbocycles. The van der Waals surface area contributed by atoms with Gasteiger partial charge in [0.25, 0.3) is 0 Å². The molecule has 5 heteroatoms. The summed E-state index contributed by atoms with van der Waals surface area (Å²) in [6, 6.07) is 25.1. The minimum atomic E-state index is -0.671. The van der Waals surface area contributed by atoms with Gasteiger partial charge in [-0.05, 0) is 48.9 Å². The predicted octanol–water partition coefficient (Wildman–Crippen LogP) is 4.02. The van der Waals surface area contributed by atoms with E-state index < -0.39 is 6.10 Å². The molecule has 0 aliphatic carbocycles. The zero-order chi connectivity index (χ0) is 21.6. The van der Waals surface area contributed by atoms with Crippen LogP contribution in [0.4, 0.5) is 15.8 Å². The second-order valence-corrected chi connectivity index (χ2v) is 8.03. The lowest BCUT2D eigenvalue weighted by molar-refractivity contribution is 0.140. The number of nitrogens with one attached hydrogen (secondary N) is 1. The molecule has 0 bridgehead atoms. The zero-order valence-corrected chi connectivity index (χ0v) is 17.9. The number of benzene rings is 3. The third kappa shape index (κ3) is 4.89. The Kier molecular flexibility index (Phi) is 6.85. The number of para-hydroxylation sites is 2. The zero-order valence-electron chi connectivity index (χ0n) is 17.9. The number of likely N-dealkylation sites (N-methyl/N-ethyl adjacent to an activating group) is 1. The molecule has 1 aliphatic heterocycles. The first kappa shape index (κ1) is 21.3. The smallest absolute Gasteiger partial charge is 0.123 e. The number of nitrogens with zero attached hydrogens (tertiary/aromatic N) is 2. The van der Waals surface area contributed by atoms with Crippen molar-refractivity contribution in [2.45, 2.75) is 18.6 Å². The largest absolute Gasteiger partial charge is 0.389 e. The molecule has 2 N–H and O–H groups in total. The first-order valence-corrected chi connectivity index (χ1v) is 10.9. The minimum Gasteiger partial charge on any atom is -0.389 e. The highest BCUT2D eigenvalue weighted by Crippen LogP contribution is 2.39. The molecule has 2 atom stereocenters. The molecule has 4 rings (SSSR count). The molecule has 3 aromatic rings. The van der Waals surface area contributed by atoms with Gasteiger partial charge in [0.2, 0.25) is 0 Å². The van der Waals surface area contributed by atoms with E-state index in [9.17, 15) is 9.50 Å². The summed E-state index contributed by atoms with van der Waals surface area (Å²) in [7, 11) is 1.82. The van der Waals surface area contributed by atoms with Crippen molar-refractivity contribution in [3.05, 3.63) is 95.8 Å². The topological polar surface area (TPSA) is 38.7 Å². The number of aliphatic hydroxyl groups excluding tert-OH is 1. The maximum absolute atomic E-state index is 14.0. The number of rotatable bonds is 8. The molecular weight excluding hydrogens is 389 g/mol.